The van der Waals surface area contributed by atoms with Gasteiger partial charge in [0.15, 0.2) is 7.85 Å². The Kier molecular flexibility index (Phi) is 2.29. The van der Waals surface area contributed by atoms with Gasteiger partial charge in [-0.05, 0) is 18.6 Å². The highest BCUT2D eigenvalue weighted by Crippen LogP contribution is 2.28. The van der Waals surface area contributed by atoms with Gasteiger partial charge in [0, 0.05) is 10.9 Å². The quantitative estimate of drug-likeness (QED) is 0.571. The van der Waals surface area contributed by atoms with E-state index in [9.17, 15) is 0 Å². The number of hydrogen-bond acceptors (Lipinski definition) is 1. The predicted molar refractivity (Wildman–Crippen MR) is 71.8 cm³/mol. The lowest BCUT2D eigenvalue weighted by Gasteiger charge is -2.01. The monoisotopic (exact) mass is 218 g/mol. The molecule has 80 valence electrons. The van der Waals surface area contributed by atoms with Gasteiger partial charge in [0.1, 0.15) is 5.58 Å². The van der Waals surface area contributed by atoms with Crippen molar-refractivity contribution in [2.45, 2.75) is 6.92 Å². The zero-order valence-electron chi connectivity index (χ0n) is 9.60. The topological polar surface area (TPSA) is 13.1 Å². The molecule has 0 atom stereocenters. The lowest BCUT2D eigenvalue weighted by Crippen LogP contribution is -2.00. The fourth-order valence-corrected chi connectivity index (χ4v) is 2.08. The van der Waals surface area contributed by atoms with E-state index >= 15 is 0 Å². The van der Waals surface area contributed by atoms with Crippen molar-refractivity contribution in [3.63, 3.8) is 0 Å². The van der Waals surface area contributed by atoms with Gasteiger partial charge in [0.25, 0.3) is 0 Å². The van der Waals surface area contributed by atoms with E-state index in [2.05, 4.69) is 31.2 Å². The van der Waals surface area contributed by atoms with E-state index in [4.69, 9.17) is 12.3 Å². The summed E-state index contributed by atoms with van der Waals surface area (Å²) >= 11 is 0. The Morgan fingerprint density at radius 2 is 1.65 bits per heavy atom. The van der Waals surface area contributed by atoms with E-state index in [0.29, 0.717) is 5.66 Å². The molecule has 3 aromatic rings. The zero-order valence-corrected chi connectivity index (χ0v) is 9.60. The van der Waals surface area contributed by atoms with Crippen LogP contribution in [0.5, 0.6) is 0 Å². The molecule has 0 spiro atoms. The van der Waals surface area contributed by atoms with E-state index in [-0.39, 0.29) is 0 Å². The molecule has 17 heavy (non-hydrogen) atoms. The molecule has 2 aromatic carbocycles. The molecule has 0 saturated heterocycles. The lowest BCUT2D eigenvalue weighted by atomic mass is 9.93. The van der Waals surface area contributed by atoms with E-state index in [0.717, 1.165) is 22.1 Å². The van der Waals surface area contributed by atoms with Gasteiger partial charge >= 0.3 is 0 Å². The maximum absolute atomic E-state index is 5.96. The van der Waals surface area contributed by atoms with Gasteiger partial charge in [-0.1, -0.05) is 48.0 Å². The molecule has 0 aliphatic carbocycles. The summed E-state index contributed by atoms with van der Waals surface area (Å²) in [6.45, 7) is 2.07. The molecule has 0 N–H and O–H groups in total. The van der Waals surface area contributed by atoms with Gasteiger partial charge < -0.3 is 4.42 Å². The average molecular weight is 218 g/mol. The van der Waals surface area contributed by atoms with Crippen molar-refractivity contribution in [1.82, 2.24) is 0 Å². The van der Waals surface area contributed by atoms with Crippen molar-refractivity contribution in [3.05, 3.63) is 54.1 Å². The molecule has 0 aliphatic rings. The summed E-state index contributed by atoms with van der Waals surface area (Å²) in [4.78, 5) is 0. The lowest BCUT2D eigenvalue weighted by molar-refractivity contribution is 0.654. The van der Waals surface area contributed by atoms with Gasteiger partial charge in [-0.3, -0.25) is 0 Å². The number of para-hydroxylation sites is 1. The minimum Gasteiger partial charge on any atom is -0.472 e. The van der Waals surface area contributed by atoms with Crippen LogP contribution in [0.1, 0.15) is 5.56 Å². The highest BCUT2D eigenvalue weighted by Gasteiger charge is 2.11. The van der Waals surface area contributed by atoms with Crippen molar-refractivity contribution in [2.75, 3.05) is 0 Å². The van der Waals surface area contributed by atoms with E-state index in [1.807, 2.05) is 24.3 Å². The molecule has 0 unspecified atom stereocenters. The van der Waals surface area contributed by atoms with Crippen LogP contribution in [-0.4, -0.2) is 7.85 Å². The first-order chi connectivity index (χ1) is 8.25. The molecular weight excluding hydrogens is 207 g/mol. The van der Waals surface area contributed by atoms with Crippen LogP contribution >= 0.6 is 0 Å². The Hall–Kier alpha value is -1.96. The van der Waals surface area contributed by atoms with Crippen LogP contribution in [0.3, 0.4) is 0 Å². The summed E-state index contributed by atoms with van der Waals surface area (Å²) in [6.07, 6.45) is 0. The van der Waals surface area contributed by atoms with Crippen molar-refractivity contribution >= 4 is 24.5 Å². The Bertz CT molecular complexity index is 665. The van der Waals surface area contributed by atoms with Crippen LogP contribution in [0, 0.1) is 6.92 Å². The second kappa shape index (κ2) is 3.81. The maximum atomic E-state index is 5.96. The first-order valence-electron chi connectivity index (χ1n) is 5.60. The van der Waals surface area contributed by atoms with Crippen LogP contribution in [0.15, 0.2) is 52.9 Å². The van der Waals surface area contributed by atoms with Gasteiger partial charge in [0.2, 0.25) is 0 Å². The fraction of sp³-hybridized carbons (Fsp3) is 0.0667. The number of hydrogen-bond donors (Lipinski definition) is 0. The molecule has 3 rings (SSSR count). The Morgan fingerprint density at radius 3 is 2.41 bits per heavy atom. The maximum Gasteiger partial charge on any atom is 0.168 e. The number of rotatable bonds is 1. The summed E-state index contributed by atoms with van der Waals surface area (Å²) in [6, 6.07) is 16.2. The van der Waals surface area contributed by atoms with Gasteiger partial charge in [-0.2, -0.15) is 0 Å². The summed E-state index contributed by atoms with van der Waals surface area (Å²) in [5.41, 5.74) is 4.63. The summed E-state index contributed by atoms with van der Waals surface area (Å²) < 4.78 is 5.56. The highest BCUT2D eigenvalue weighted by atomic mass is 16.3. The van der Waals surface area contributed by atoms with Crippen LogP contribution in [0.2, 0.25) is 0 Å². The van der Waals surface area contributed by atoms with E-state index in [1.54, 1.807) is 0 Å². The molecule has 1 nitrogen and oxygen atoms in total. The van der Waals surface area contributed by atoms with Crippen molar-refractivity contribution in [3.8, 4) is 11.1 Å². The molecule has 0 saturated carbocycles. The third kappa shape index (κ3) is 1.66. The van der Waals surface area contributed by atoms with Crippen molar-refractivity contribution in [2.24, 2.45) is 0 Å². The minimum absolute atomic E-state index is 0.482. The normalized spacial score (nSPS) is 10.9. The predicted octanol–water partition coefficient (Wildman–Crippen LogP) is 3.20. The number of furan rings is 1. The fourth-order valence-electron chi connectivity index (χ4n) is 2.08. The largest absolute Gasteiger partial charge is 0.472 e. The third-order valence-electron chi connectivity index (χ3n) is 2.96. The minimum atomic E-state index is 0.482. The third-order valence-corrected chi connectivity index (χ3v) is 2.96. The summed E-state index contributed by atoms with van der Waals surface area (Å²) in [5, 5.41) is 1.06. The van der Waals surface area contributed by atoms with Crippen LogP contribution in [0.25, 0.3) is 22.1 Å². The first-order valence-corrected chi connectivity index (χ1v) is 5.60. The molecule has 0 fully saturated rings. The van der Waals surface area contributed by atoms with Crippen molar-refractivity contribution < 1.29 is 4.42 Å². The Labute approximate surface area is 101 Å². The molecule has 1 aromatic heterocycles. The van der Waals surface area contributed by atoms with Crippen LogP contribution in [-0.2, 0) is 0 Å². The Balaban J connectivity index is 2.29. The summed E-state index contributed by atoms with van der Waals surface area (Å²) in [5.74, 6) is 0. The molecule has 1 heterocycles. The molecule has 2 heteroatoms. The van der Waals surface area contributed by atoms with Gasteiger partial charge in [-0.25, -0.2) is 0 Å². The highest BCUT2D eigenvalue weighted by molar-refractivity contribution is 6.36. The SMILES string of the molecule is [B]c1oc2ccccc2c1-c1ccc(C)cc1. The Morgan fingerprint density at radius 1 is 0.941 bits per heavy atom. The number of benzene rings is 2. The first kappa shape index (κ1) is 10.2. The summed E-state index contributed by atoms with van der Waals surface area (Å²) in [7, 11) is 5.96. The van der Waals surface area contributed by atoms with E-state index < -0.39 is 0 Å². The van der Waals surface area contributed by atoms with Crippen molar-refractivity contribution in [1.29, 1.82) is 0 Å². The second-order valence-corrected chi connectivity index (χ2v) is 4.20. The molecule has 2 radical (unpaired) electrons. The number of aryl methyl sites for hydroxylation is 1. The van der Waals surface area contributed by atoms with Gasteiger partial charge in [0.05, 0.1) is 5.66 Å². The average Bonchev–Trinajstić information content (AvgIpc) is 2.66. The molecule has 0 amide bonds. The van der Waals surface area contributed by atoms with Crippen LogP contribution in [0.4, 0.5) is 0 Å². The molecule has 0 aliphatic heterocycles. The number of fused-ring (bicyclic) bond motifs is 1. The zero-order chi connectivity index (χ0) is 11.8. The molecule has 0 bridgehead atoms. The standard InChI is InChI=1S/C15H11BO/c1-10-6-8-11(9-7-10)14-12-4-2-3-5-13(12)17-15(14)16/h2-9H,1H3. The smallest absolute Gasteiger partial charge is 0.168 e. The van der Waals surface area contributed by atoms with Crippen LogP contribution < -0.4 is 5.66 Å². The van der Waals surface area contributed by atoms with Gasteiger partial charge in [-0.15, -0.1) is 0 Å². The second-order valence-electron chi connectivity index (χ2n) is 4.20. The molecular formula is C15H11BO. The van der Waals surface area contributed by atoms with E-state index in [1.165, 1.54) is 5.56 Å².